The largest absolute Gasteiger partial charge is 0.507 e. The van der Waals surface area contributed by atoms with E-state index in [0.29, 0.717) is 34.8 Å². The van der Waals surface area contributed by atoms with Crippen molar-refractivity contribution in [1.82, 2.24) is 5.43 Å². The smallest absolute Gasteiger partial charge is 0.343 e. The Morgan fingerprint density at radius 3 is 2.00 bits per heavy atom. The second kappa shape index (κ2) is 12.9. The van der Waals surface area contributed by atoms with Gasteiger partial charge in [-0.25, -0.2) is 10.2 Å². The van der Waals surface area contributed by atoms with Crippen LogP contribution in [0.4, 0.5) is 0 Å². The molecule has 0 aliphatic heterocycles. The van der Waals surface area contributed by atoms with Crippen molar-refractivity contribution in [2.45, 2.75) is 65.2 Å². The molecule has 1 amide bonds. The third-order valence-corrected chi connectivity index (χ3v) is 6.55. The maximum atomic E-state index is 12.5. The highest BCUT2D eigenvalue weighted by Gasteiger charge is 2.26. The first-order chi connectivity index (χ1) is 19.2. The molecule has 41 heavy (non-hydrogen) atoms. The zero-order valence-electron chi connectivity index (χ0n) is 25.1. The van der Waals surface area contributed by atoms with Crippen molar-refractivity contribution in [2.75, 3.05) is 14.2 Å². The van der Waals surface area contributed by atoms with Crippen LogP contribution in [0.25, 0.3) is 0 Å². The molecule has 0 aliphatic rings. The minimum Gasteiger partial charge on any atom is -0.507 e. The molecular weight excluding hydrogens is 520 g/mol. The maximum absolute atomic E-state index is 12.5. The standard InChI is InChI=1S/C33H40N2O6/c1-32(2,3)25-17-21(18-26(30(25)37)33(4,5)6)10-16-29(36)35-34-20-22-9-15-27(28(19-22)40-8)41-31(38)23-11-13-24(39-7)14-12-23/h9,11-15,17-20,37H,10,16H2,1-8H3,(H,35,36)/b34-20-. The summed E-state index contributed by atoms with van der Waals surface area (Å²) >= 11 is 0. The van der Waals surface area contributed by atoms with Gasteiger partial charge in [-0.3, -0.25) is 4.79 Å². The summed E-state index contributed by atoms with van der Waals surface area (Å²) in [6.45, 7) is 12.4. The molecule has 3 aromatic carbocycles. The summed E-state index contributed by atoms with van der Waals surface area (Å²) in [5, 5.41) is 15.0. The van der Waals surface area contributed by atoms with Gasteiger partial charge in [0, 0.05) is 6.42 Å². The minimum atomic E-state index is -0.530. The number of aromatic hydroxyl groups is 1. The molecule has 0 aromatic heterocycles. The summed E-state index contributed by atoms with van der Waals surface area (Å²) in [4.78, 5) is 25.1. The number of nitrogens with one attached hydrogen (secondary N) is 1. The lowest BCUT2D eigenvalue weighted by molar-refractivity contribution is -0.121. The number of phenols is 1. The lowest BCUT2D eigenvalue weighted by Gasteiger charge is -2.28. The van der Waals surface area contributed by atoms with E-state index in [-0.39, 0.29) is 28.9 Å². The fourth-order valence-corrected chi connectivity index (χ4v) is 4.21. The Bertz CT molecular complexity index is 1380. The van der Waals surface area contributed by atoms with Crippen LogP contribution in [-0.2, 0) is 22.0 Å². The molecule has 218 valence electrons. The Labute approximate surface area is 242 Å². The number of carbonyl (C=O) groups is 2. The number of ether oxygens (including phenoxy) is 3. The van der Waals surface area contributed by atoms with E-state index >= 15 is 0 Å². The average Bonchev–Trinajstić information content (AvgIpc) is 2.91. The number of rotatable bonds is 9. The normalized spacial score (nSPS) is 11.8. The molecule has 8 nitrogen and oxygen atoms in total. The molecule has 3 rings (SSSR count). The van der Waals surface area contributed by atoms with Crippen LogP contribution in [-0.4, -0.2) is 37.4 Å². The Morgan fingerprint density at radius 1 is 0.854 bits per heavy atom. The van der Waals surface area contributed by atoms with Crippen molar-refractivity contribution < 1.29 is 28.9 Å². The summed E-state index contributed by atoms with van der Waals surface area (Å²) in [5.41, 5.74) is 5.82. The van der Waals surface area contributed by atoms with E-state index < -0.39 is 5.97 Å². The van der Waals surface area contributed by atoms with E-state index in [0.717, 1.165) is 16.7 Å². The summed E-state index contributed by atoms with van der Waals surface area (Å²) in [6.07, 6.45) is 2.24. The average molecular weight is 561 g/mol. The number of benzene rings is 3. The zero-order chi connectivity index (χ0) is 30.4. The van der Waals surface area contributed by atoms with Crippen LogP contribution in [0.5, 0.6) is 23.0 Å². The number of nitrogens with zero attached hydrogens (tertiary/aromatic N) is 1. The van der Waals surface area contributed by atoms with Crippen molar-refractivity contribution in [2.24, 2.45) is 5.10 Å². The molecular formula is C33H40N2O6. The lowest BCUT2D eigenvalue weighted by atomic mass is 9.78. The summed E-state index contributed by atoms with van der Waals surface area (Å²) < 4.78 is 16.0. The van der Waals surface area contributed by atoms with Gasteiger partial charge in [-0.05, 0) is 82.0 Å². The Morgan fingerprint density at radius 2 is 1.46 bits per heavy atom. The van der Waals surface area contributed by atoms with E-state index in [1.54, 1.807) is 49.6 Å². The van der Waals surface area contributed by atoms with Crippen molar-refractivity contribution in [1.29, 1.82) is 0 Å². The first kappa shape index (κ1) is 31.2. The van der Waals surface area contributed by atoms with Crippen molar-refractivity contribution in [3.05, 3.63) is 82.4 Å². The van der Waals surface area contributed by atoms with Crippen molar-refractivity contribution in [3.8, 4) is 23.0 Å². The first-order valence-corrected chi connectivity index (χ1v) is 13.5. The molecule has 0 radical (unpaired) electrons. The van der Waals surface area contributed by atoms with Crippen LogP contribution in [0.3, 0.4) is 0 Å². The Balaban J connectivity index is 1.63. The fourth-order valence-electron chi connectivity index (χ4n) is 4.21. The van der Waals surface area contributed by atoms with Gasteiger partial charge >= 0.3 is 5.97 Å². The van der Waals surface area contributed by atoms with Gasteiger partial charge < -0.3 is 19.3 Å². The molecule has 0 fully saturated rings. The van der Waals surface area contributed by atoms with Gasteiger partial charge in [0.15, 0.2) is 11.5 Å². The van der Waals surface area contributed by atoms with Gasteiger partial charge in [0.05, 0.1) is 26.0 Å². The number of methoxy groups -OCH3 is 2. The molecule has 0 saturated heterocycles. The highest BCUT2D eigenvalue weighted by molar-refractivity contribution is 5.92. The predicted octanol–water partition coefficient (Wildman–Crippen LogP) is 6.31. The molecule has 2 N–H and O–H groups in total. The molecule has 8 heteroatoms. The lowest BCUT2D eigenvalue weighted by Crippen LogP contribution is -2.20. The van der Waals surface area contributed by atoms with Crippen LogP contribution in [0, 0.1) is 0 Å². The van der Waals surface area contributed by atoms with Gasteiger partial charge in [0.25, 0.3) is 0 Å². The van der Waals surface area contributed by atoms with E-state index in [1.807, 2.05) is 12.1 Å². The van der Waals surface area contributed by atoms with E-state index in [1.165, 1.54) is 13.3 Å². The monoisotopic (exact) mass is 560 g/mol. The highest BCUT2D eigenvalue weighted by atomic mass is 16.6. The van der Waals surface area contributed by atoms with Gasteiger partial charge in [-0.1, -0.05) is 53.7 Å². The number of hydrogen-bond acceptors (Lipinski definition) is 7. The van der Waals surface area contributed by atoms with E-state index in [9.17, 15) is 14.7 Å². The Kier molecular flexibility index (Phi) is 9.81. The summed E-state index contributed by atoms with van der Waals surface area (Å²) in [5.74, 6) is 0.796. The highest BCUT2D eigenvalue weighted by Crippen LogP contribution is 2.40. The van der Waals surface area contributed by atoms with Gasteiger partial charge in [-0.15, -0.1) is 0 Å². The topological polar surface area (TPSA) is 106 Å². The number of esters is 1. The zero-order valence-corrected chi connectivity index (χ0v) is 25.1. The number of aryl methyl sites for hydroxylation is 1. The molecule has 3 aromatic rings. The van der Waals surface area contributed by atoms with Crippen molar-refractivity contribution >= 4 is 18.1 Å². The molecule has 0 bridgehead atoms. The van der Waals surface area contributed by atoms with Gasteiger partial charge in [0.1, 0.15) is 11.5 Å². The number of hydrazone groups is 1. The summed E-state index contributed by atoms with van der Waals surface area (Å²) in [6, 6.07) is 15.5. The Hall–Kier alpha value is -4.33. The van der Waals surface area contributed by atoms with E-state index in [2.05, 4.69) is 52.1 Å². The van der Waals surface area contributed by atoms with Crippen molar-refractivity contribution in [3.63, 3.8) is 0 Å². The SMILES string of the molecule is COc1ccc(C(=O)Oc2ccc(/C=N\NC(=O)CCc3cc(C(C)(C)C)c(O)c(C(C)(C)C)c3)cc2OC)cc1. The van der Waals surface area contributed by atoms with Crippen LogP contribution in [0.1, 0.15) is 80.6 Å². The number of phenolic OH excluding ortho intramolecular Hbond substituents is 1. The number of amides is 1. The van der Waals surface area contributed by atoms with Gasteiger partial charge in [0.2, 0.25) is 5.91 Å². The summed E-state index contributed by atoms with van der Waals surface area (Å²) in [7, 11) is 3.03. The van der Waals surface area contributed by atoms with Crippen LogP contribution in [0.2, 0.25) is 0 Å². The molecule has 0 aliphatic carbocycles. The molecule has 0 unspecified atom stereocenters. The fraction of sp³-hybridized carbons (Fsp3) is 0.364. The van der Waals surface area contributed by atoms with Gasteiger partial charge in [-0.2, -0.15) is 5.10 Å². The third-order valence-electron chi connectivity index (χ3n) is 6.55. The minimum absolute atomic E-state index is 0.235. The quantitative estimate of drug-likeness (QED) is 0.138. The number of carbonyl (C=O) groups excluding carboxylic acids is 2. The molecule has 0 saturated carbocycles. The second-order valence-electron chi connectivity index (χ2n) is 11.9. The molecule has 0 spiro atoms. The number of hydrogen-bond donors (Lipinski definition) is 2. The van der Waals surface area contributed by atoms with Crippen LogP contribution < -0.4 is 19.6 Å². The van der Waals surface area contributed by atoms with Crippen LogP contribution in [0.15, 0.2) is 59.7 Å². The first-order valence-electron chi connectivity index (χ1n) is 13.5. The third kappa shape index (κ3) is 8.33. The predicted molar refractivity (Wildman–Crippen MR) is 161 cm³/mol. The van der Waals surface area contributed by atoms with E-state index in [4.69, 9.17) is 14.2 Å². The maximum Gasteiger partial charge on any atom is 0.343 e. The van der Waals surface area contributed by atoms with Crippen LogP contribution >= 0.6 is 0 Å². The second-order valence-corrected chi connectivity index (χ2v) is 11.9. The molecule has 0 heterocycles. The molecule has 0 atom stereocenters.